The standard InChI is InChI=1S/C20H24N4O6S/c1-4-23(5-2)31(27,28)16-7-8-17(18(13-16)24(25)26)22-21-14(3)15-6-9-19-20(12-15)30-11-10-29-19/h6-9,12-13,22H,4-5,10-11H2,1-3H3/b21-14+. The van der Waals surface area contributed by atoms with Gasteiger partial charge in [0.05, 0.1) is 15.5 Å². The highest BCUT2D eigenvalue weighted by Crippen LogP contribution is 2.32. The number of hydrazone groups is 1. The number of nitrogens with one attached hydrogen (secondary N) is 1. The zero-order valence-corrected chi connectivity index (χ0v) is 18.3. The van der Waals surface area contributed by atoms with Gasteiger partial charge in [-0.1, -0.05) is 13.8 Å². The number of rotatable bonds is 8. The van der Waals surface area contributed by atoms with E-state index in [4.69, 9.17) is 9.47 Å². The molecule has 0 fully saturated rings. The first-order chi connectivity index (χ1) is 14.8. The van der Waals surface area contributed by atoms with Crippen LogP contribution in [0.5, 0.6) is 11.5 Å². The van der Waals surface area contributed by atoms with Gasteiger partial charge in [-0.05, 0) is 37.3 Å². The lowest BCUT2D eigenvalue weighted by molar-refractivity contribution is -0.384. The molecule has 0 spiro atoms. The predicted octanol–water partition coefficient (Wildman–Crippen LogP) is 3.23. The number of benzene rings is 2. The number of anilines is 1. The topological polar surface area (TPSA) is 123 Å². The summed E-state index contributed by atoms with van der Waals surface area (Å²) in [7, 11) is -3.82. The molecule has 0 amide bonds. The summed E-state index contributed by atoms with van der Waals surface area (Å²) in [6.07, 6.45) is 0. The average molecular weight is 449 g/mol. The Morgan fingerprint density at radius 3 is 2.45 bits per heavy atom. The Labute approximate surface area is 180 Å². The van der Waals surface area contributed by atoms with Crippen LogP contribution in [-0.4, -0.2) is 49.7 Å². The van der Waals surface area contributed by atoms with Crippen molar-refractivity contribution in [3.05, 3.63) is 52.1 Å². The fourth-order valence-corrected chi connectivity index (χ4v) is 4.59. The van der Waals surface area contributed by atoms with Crippen LogP contribution in [0.3, 0.4) is 0 Å². The molecule has 0 unspecified atom stereocenters. The maximum atomic E-state index is 12.7. The van der Waals surface area contributed by atoms with E-state index >= 15 is 0 Å². The Kier molecular flexibility index (Phi) is 6.76. The number of sulfonamides is 1. The van der Waals surface area contributed by atoms with Gasteiger partial charge in [-0.3, -0.25) is 15.5 Å². The minimum Gasteiger partial charge on any atom is -0.486 e. The third kappa shape index (κ3) is 4.78. The molecule has 31 heavy (non-hydrogen) atoms. The lowest BCUT2D eigenvalue weighted by Crippen LogP contribution is -2.30. The van der Waals surface area contributed by atoms with E-state index in [0.717, 1.165) is 11.6 Å². The fraction of sp³-hybridized carbons (Fsp3) is 0.350. The van der Waals surface area contributed by atoms with Gasteiger partial charge in [-0.25, -0.2) is 8.42 Å². The van der Waals surface area contributed by atoms with Crippen molar-refractivity contribution in [2.75, 3.05) is 31.7 Å². The van der Waals surface area contributed by atoms with E-state index in [1.54, 1.807) is 32.9 Å². The van der Waals surface area contributed by atoms with E-state index in [2.05, 4.69) is 10.5 Å². The van der Waals surface area contributed by atoms with E-state index in [0.29, 0.717) is 30.4 Å². The van der Waals surface area contributed by atoms with E-state index in [-0.39, 0.29) is 29.4 Å². The normalized spacial score (nSPS) is 13.9. The summed E-state index contributed by atoms with van der Waals surface area (Å²) in [5.74, 6) is 1.26. The minimum absolute atomic E-state index is 0.0837. The number of fused-ring (bicyclic) bond motifs is 1. The van der Waals surface area contributed by atoms with Crippen molar-refractivity contribution in [2.45, 2.75) is 25.7 Å². The summed E-state index contributed by atoms with van der Waals surface area (Å²) in [5.41, 5.74) is 3.69. The number of nitro groups is 1. The van der Waals surface area contributed by atoms with Gasteiger partial charge in [-0.15, -0.1) is 0 Å². The summed E-state index contributed by atoms with van der Waals surface area (Å²) in [4.78, 5) is 10.8. The molecule has 1 aliphatic heterocycles. The van der Waals surface area contributed by atoms with Crippen molar-refractivity contribution in [3.8, 4) is 11.5 Å². The first-order valence-corrected chi connectivity index (χ1v) is 11.2. The van der Waals surface area contributed by atoms with Gasteiger partial charge in [-0.2, -0.15) is 9.41 Å². The van der Waals surface area contributed by atoms with E-state index in [1.807, 2.05) is 6.07 Å². The second kappa shape index (κ2) is 9.31. The maximum Gasteiger partial charge on any atom is 0.295 e. The SMILES string of the molecule is CCN(CC)S(=O)(=O)c1ccc(N/N=C(\C)c2ccc3c(c2)OCCO3)c([N+](=O)[O-])c1. The van der Waals surface area contributed by atoms with Crippen molar-refractivity contribution in [3.63, 3.8) is 0 Å². The molecule has 0 saturated heterocycles. The highest BCUT2D eigenvalue weighted by Gasteiger charge is 2.25. The van der Waals surface area contributed by atoms with Gasteiger partial charge in [0.1, 0.15) is 18.9 Å². The van der Waals surface area contributed by atoms with Crippen LogP contribution in [0.1, 0.15) is 26.3 Å². The van der Waals surface area contributed by atoms with Gasteiger partial charge in [0.25, 0.3) is 5.69 Å². The van der Waals surface area contributed by atoms with Crippen LogP contribution in [0, 0.1) is 10.1 Å². The molecule has 0 radical (unpaired) electrons. The van der Waals surface area contributed by atoms with Crippen LogP contribution in [0.15, 0.2) is 46.4 Å². The van der Waals surface area contributed by atoms with E-state index in [9.17, 15) is 18.5 Å². The molecular formula is C20H24N4O6S. The molecule has 1 heterocycles. The summed E-state index contributed by atoms with van der Waals surface area (Å²) in [6.45, 7) is 6.65. The molecule has 0 aromatic heterocycles. The van der Waals surface area contributed by atoms with E-state index in [1.165, 1.54) is 16.4 Å². The number of nitro benzene ring substituents is 1. The minimum atomic E-state index is -3.82. The molecular weight excluding hydrogens is 424 g/mol. The van der Waals surface area contributed by atoms with Gasteiger partial charge >= 0.3 is 0 Å². The lowest BCUT2D eigenvalue weighted by Gasteiger charge is -2.19. The zero-order valence-electron chi connectivity index (χ0n) is 17.5. The smallest absolute Gasteiger partial charge is 0.295 e. The Balaban J connectivity index is 1.88. The quantitative estimate of drug-likeness (QED) is 0.373. The molecule has 11 heteroatoms. The first-order valence-electron chi connectivity index (χ1n) is 9.76. The molecule has 1 aliphatic rings. The molecule has 0 atom stereocenters. The molecule has 2 aromatic carbocycles. The Hall–Kier alpha value is -3.18. The highest BCUT2D eigenvalue weighted by atomic mass is 32.2. The van der Waals surface area contributed by atoms with Gasteiger partial charge in [0.15, 0.2) is 11.5 Å². The third-order valence-electron chi connectivity index (χ3n) is 4.81. The fourth-order valence-electron chi connectivity index (χ4n) is 3.11. The Bertz CT molecular complexity index is 1110. The highest BCUT2D eigenvalue weighted by molar-refractivity contribution is 7.89. The number of ether oxygens (including phenoxy) is 2. The molecule has 0 bridgehead atoms. The monoisotopic (exact) mass is 448 g/mol. The number of hydrogen-bond donors (Lipinski definition) is 1. The van der Waals surface area contributed by atoms with Crippen molar-refractivity contribution in [1.82, 2.24) is 4.31 Å². The van der Waals surface area contributed by atoms with Crippen molar-refractivity contribution >= 4 is 27.1 Å². The number of hydrogen-bond acceptors (Lipinski definition) is 8. The summed E-state index contributed by atoms with van der Waals surface area (Å²) >= 11 is 0. The van der Waals surface area contributed by atoms with Gasteiger partial charge < -0.3 is 9.47 Å². The molecule has 10 nitrogen and oxygen atoms in total. The van der Waals surface area contributed by atoms with Crippen molar-refractivity contribution in [1.29, 1.82) is 0 Å². The van der Waals surface area contributed by atoms with Crippen molar-refractivity contribution in [2.24, 2.45) is 5.10 Å². The largest absolute Gasteiger partial charge is 0.486 e. The molecule has 166 valence electrons. The molecule has 3 rings (SSSR count). The van der Waals surface area contributed by atoms with Crippen LogP contribution in [-0.2, 0) is 10.0 Å². The predicted molar refractivity (Wildman–Crippen MR) is 116 cm³/mol. The maximum absolute atomic E-state index is 12.7. The van der Waals surface area contributed by atoms with Crippen LogP contribution < -0.4 is 14.9 Å². The Morgan fingerprint density at radius 1 is 1.13 bits per heavy atom. The second-order valence-corrected chi connectivity index (χ2v) is 8.63. The van der Waals surface area contributed by atoms with Gasteiger partial charge in [0.2, 0.25) is 10.0 Å². The second-order valence-electron chi connectivity index (χ2n) is 6.69. The van der Waals surface area contributed by atoms with E-state index < -0.39 is 14.9 Å². The van der Waals surface area contributed by atoms with Gasteiger partial charge in [0, 0.05) is 24.7 Å². The first kappa shape index (κ1) is 22.5. The summed E-state index contributed by atoms with van der Waals surface area (Å²) in [6, 6.07) is 9.08. The van der Waals surface area contributed by atoms with Crippen LogP contribution in [0.2, 0.25) is 0 Å². The van der Waals surface area contributed by atoms with Crippen molar-refractivity contribution < 1.29 is 22.8 Å². The Morgan fingerprint density at radius 2 is 1.81 bits per heavy atom. The molecule has 0 saturated carbocycles. The molecule has 2 aromatic rings. The third-order valence-corrected chi connectivity index (χ3v) is 6.86. The summed E-state index contributed by atoms with van der Waals surface area (Å²) in [5, 5.41) is 15.8. The van der Waals surface area contributed by atoms with Crippen LogP contribution >= 0.6 is 0 Å². The zero-order chi connectivity index (χ0) is 22.6. The molecule has 1 N–H and O–H groups in total. The lowest BCUT2D eigenvalue weighted by atomic mass is 10.1. The van der Waals surface area contributed by atoms with Crippen LogP contribution in [0.4, 0.5) is 11.4 Å². The number of nitrogens with zero attached hydrogens (tertiary/aromatic N) is 3. The summed E-state index contributed by atoms with van der Waals surface area (Å²) < 4.78 is 37.7. The average Bonchev–Trinajstić information content (AvgIpc) is 2.77. The van der Waals surface area contributed by atoms with Crippen LogP contribution in [0.25, 0.3) is 0 Å². The molecule has 0 aliphatic carbocycles.